The fourth-order valence-electron chi connectivity index (χ4n) is 4.19. The highest BCUT2D eigenvalue weighted by Crippen LogP contribution is 2.18. The summed E-state index contributed by atoms with van der Waals surface area (Å²) in [6.07, 6.45) is 0.0863. The molecule has 0 radical (unpaired) electrons. The van der Waals surface area contributed by atoms with Crippen LogP contribution < -0.4 is 25.2 Å². The number of anilines is 2. The first-order chi connectivity index (χ1) is 17.0. The Bertz CT molecular complexity index is 1110. The molecule has 0 saturated carbocycles. The highest BCUT2D eigenvalue weighted by Gasteiger charge is 2.20. The van der Waals surface area contributed by atoms with E-state index in [0.717, 1.165) is 44.2 Å². The second kappa shape index (κ2) is 11.8. The number of carbonyl (C=O) groups excluding carboxylic acids is 1. The summed E-state index contributed by atoms with van der Waals surface area (Å²) in [5.74, 6) is 0.474. The first-order valence-electron chi connectivity index (χ1n) is 12.1. The molecule has 7 heteroatoms. The molecule has 3 aromatic rings. The van der Waals surface area contributed by atoms with Crippen LogP contribution in [0.5, 0.6) is 5.75 Å². The minimum atomic E-state index is -0.258. The van der Waals surface area contributed by atoms with Gasteiger partial charge in [-0.1, -0.05) is 30.3 Å². The summed E-state index contributed by atoms with van der Waals surface area (Å²) in [5.41, 5.74) is 3.96. The highest BCUT2D eigenvalue weighted by molar-refractivity contribution is 7.80. The van der Waals surface area contributed by atoms with Crippen LogP contribution in [0.1, 0.15) is 29.8 Å². The Kier molecular flexibility index (Phi) is 8.34. The summed E-state index contributed by atoms with van der Waals surface area (Å²) in [6, 6.07) is 25.9. The van der Waals surface area contributed by atoms with E-state index in [1.54, 1.807) is 29.2 Å². The number of rotatable bonds is 7. The number of piperazine rings is 1. The summed E-state index contributed by atoms with van der Waals surface area (Å²) in [7, 11) is 0. The zero-order chi connectivity index (χ0) is 24.6. The fraction of sp³-hybridized carbons (Fsp3) is 0.286. The van der Waals surface area contributed by atoms with Crippen LogP contribution in [0, 0.1) is 0 Å². The Labute approximate surface area is 212 Å². The maximum atomic E-state index is 12.5. The molecule has 0 unspecified atom stereocenters. The minimum absolute atomic E-state index is 0.0863. The smallest absolute Gasteiger partial charge is 0.257 e. The molecule has 1 aliphatic rings. The number of hydrogen-bond donors (Lipinski definition) is 3. The SMILES string of the molecule is CC(C)Oc1ccc(C(=O)NC(=S)Nc2ccc(N3CC[NH+](Cc4ccccc4)CC3)cc2)cc1. The molecule has 4 rings (SSSR count). The molecular formula is C28H33N4O2S+. The first kappa shape index (κ1) is 24.7. The molecule has 1 amide bonds. The molecule has 3 aromatic carbocycles. The normalized spacial score (nSPS) is 14.0. The number of quaternary nitrogens is 1. The second-order valence-electron chi connectivity index (χ2n) is 9.05. The van der Waals surface area contributed by atoms with Gasteiger partial charge in [0.15, 0.2) is 5.11 Å². The van der Waals surface area contributed by atoms with Crippen LogP contribution in [0.3, 0.4) is 0 Å². The van der Waals surface area contributed by atoms with Crippen molar-refractivity contribution in [2.75, 3.05) is 36.4 Å². The van der Waals surface area contributed by atoms with Gasteiger partial charge in [-0.3, -0.25) is 10.1 Å². The van der Waals surface area contributed by atoms with Crippen molar-refractivity contribution < 1.29 is 14.4 Å². The lowest BCUT2D eigenvalue weighted by Gasteiger charge is -2.33. The number of hydrogen-bond acceptors (Lipinski definition) is 4. The molecule has 0 spiro atoms. The molecule has 0 bridgehead atoms. The molecule has 182 valence electrons. The molecule has 1 heterocycles. The van der Waals surface area contributed by atoms with Crippen LogP contribution in [0.25, 0.3) is 0 Å². The largest absolute Gasteiger partial charge is 0.491 e. The zero-order valence-corrected chi connectivity index (χ0v) is 21.1. The number of nitrogens with zero attached hydrogens (tertiary/aromatic N) is 1. The number of carbonyl (C=O) groups is 1. The Morgan fingerprint density at radius 2 is 1.63 bits per heavy atom. The third-order valence-corrected chi connectivity index (χ3v) is 6.18. The van der Waals surface area contributed by atoms with Gasteiger partial charge >= 0.3 is 0 Å². The van der Waals surface area contributed by atoms with Crippen LogP contribution in [-0.2, 0) is 6.54 Å². The molecule has 1 aliphatic heterocycles. The van der Waals surface area contributed by atoms with E-state index in [0.29, 0.717) is 5.56 Å². The summed E-state index contributed by atoms with van der Waals surface area (Å²) >= 11 is 5.34. The van der Waals surface area contributed by atoms with Gasteiger partial charge in [-0.05, 0) is 74.6 Å². The van der Waals surface area contributed by atoms with Gasteiger partial charge < -0.3 is 19.9 Å². The molecular weight excluding hydrogens is 456 g/mol. The third kappa shape index (κ3) is 7.28. The van der Waals surface area contributed by atoms with E-state index < -0.39 is 0 Å². The van der Waals surface area contributed by atoms with Gasteiger partial charge in [-0.25, -0.2) is 0 Å². The summed E-state index contributed by atoms with van der Waals surface area (Å²) in [4.78, 5) is 16.5. The summed E-state index contributed by atoms with van der Waals surface area (Å²) < 4.78 is 5.62. The van der Waals surface area contributed by atoms with E-state index in [1.807, 2.05) is 26.0 Å². The predicted octanol–water partition coefficient (Wildman–Crippen LogP) is 3.51. The van der Waals surface area contributed by atoms with Crippen LogP contribution >= 0.6 is 12.2 Å². The van der Waals surface area contributed by atoms with E-state index in [-0.39, 0.29) is 17.1 Å². The molecule has 35 heavy (non-hydrogen) atoms. The van der Waals surface area contributed by atoms with Gasteiger partial charge in [0.1, 0.15) is 12.3 Å². The van der Waals surface area contributed by atoms with Crippen molar-refractivity contribution in [3.8, 4) is 5.75 Å². The van der Waals surface area contributed by atoms with Gasteiger partial charge in [0, 0.05) is 22.5 Å². The quantitative estimate of drug-likeness (QED) is 0.444. The first-order valence-corrected chi connectivity index (χ1v) is 12.5. The lowest BCUT2D eigenvalue weighted by Crippen LogP contribution is -3.13. The van der Waals surface area contributed by atoms with E-state index in [9.17, 15) is 4.79 Å². The van der Waals surface area contributed by atoms with Gasteiger partial charge in [0.25, 0.3) is 5.91 Å². The number of thiocarbonyl (C=S) groups is 1. The Morgan fingerprint density at radius 1 is 0.971 bits per heavy atom. The second-order valence-corrected chi connectivity index (χ2v) is 9.45. The average molecular weight is 490 g/mol. The standard InChI is InChI=1S/C28H32N4O2S/c1-21(2)34-26-14-8-23(9-15-26)27(33)30-28(35)29-24-10-12-25(13-11-24)32-18-16-31(17-19-32)20-22-6-4-3-5-7-22/h3-15,21H,16-20H2,1-2H3,(H2,29,30,33,35)/p+1. The van der Waals surface area contributed by atoms with Crippen molar-refractivity contribution in [2.45, 2.75) is 26.5 Å². The molecule has 3 N–H and O–H groups in total. The number of benzene rings is 3. The summed E-state index contributed by atoms with van der Waals surface area (Å²) in [6.45, 7) is 9.31. The van der Waals surface area contributed by atoms with Crippen LogP contribution in [-0.4, -0.2) is 43.3 Å². The Hall–Kier alpha value is -3.42. The van der Waals surface area contributed by atoms with E-state index in [1.165, 1.54) is 11.3 Å². The number of ether oxygens (including phenoxy) is 1. The van der Waals surface area contributed by atoms with Crippen molar-refractivity contribution in [1.29, 1.82) is 0 Å². The highest BCUT2D eigenvalue weighted by atomic mass is 32.1. The predicted molar refractivity (Wildman–Crippen MR) is 145 cm³/mol. The maximum Gasteiger partial charge on any atom is 0.257 e. The van der Waals surface area contributed by atoms with Crippen molar-refractivity contribution >= 4 is 34.6 Å². The van der Waals surface area contributed by atoms with E-state index >= 15 is 0 Å². The van der Waals surface area contributed by atoms with Gasteiger partial charge in [0.2, 0.25) is 0 Å². The minimum Gasteiger partial charge on any atom is -0.491 e. The topological polar surface area (TPSA) is 58.0 Å². The number of nitrogens with one attached hydrogen (secondary N) is 3. The van der Waals surface area contributed by atoms with Gasteiger partial charge in [-0.2, -0.15) is 0 Å². The van der Waals surface area contributed by atoms with Gasteiger partial charge in [-0.15, -0.1) is 0 Å². The van der Waals surface area contributed by atoms with Gasteiger partial charge in [0.05, 0.1) is 32.3 Å². The molecule has 0 aliphatic carbocycles. The lowest BCUT2D eigenvalue weighted by molar-refractivity contribution is -0.914. The van der Waals surface area contributed by atoms with Crippen LogP contribution in [0.15, 0.2) is 78.9 Å². The molecule has 0 aromatic heterocycles. The van der Waals surface area contributed by atoms with Crippen LogP contribution in [0.2, 0.25) is 0 Å². The van der Waals surface area contributed by atoms with Crippen molar-refractivity contribution in [2.24, 2.45) is 0 Å². The van der Waals surface area contributed by atoms with E-state index in [2.05, 4.69) is 58.0 Å². The third-order valence-electron chi connectivity index (χ3n) is 5.97. The average Bonchev–Trinajstić information content (AvgIpc) is 2.86. The fourth-order valence-corrected chi connectivity index (χ4v) is 4.40. The monoisotopic (exact) mass is 489 g/mol. The summed E-state index contributed by atoms with van der Waals surface area (Å²) in [5, 5.41) is 6.10. The maximum absolute atomic E-state index is 12.5. The lowest BCUT2D eigenvalue weighted by atomic mass is 10.2. The van der Waals surface area contributed by atoms with Crippen molar-refractivity contribution in [1.82, 2.24) is 5.32 Å². The molecule has 6 nitrogen and oxygen atoms in total. The number of amides is 1. The molecule has 1 saturated heterocycles. The Balaban J connectivity index is 1.24. The van der Waals surface area contributed by atoms with Crippen LogP contribution in [0.4, 0.5) is 11.4 Å². The van der Waals surface area contributed by atoms with E-state index in [4.69, 9.17) is 17.0 Å². The van der Waals surface area contributed by atoms with Crippen molar-refractivity contribution in [3.05, 3.63) is 90.0 Å². The molecule has 1 fully saturated rings. The zero-order valence-electron chi connectivity index (χ0n) is 20.3. The van der Waals surface area contributed by atoms with Crippen molar-refractivity contribution in [3.63, 3.8) is 0 Å². The molecule has 0 atom stereocenters. The Morgan fingerprint density at radius 3 is 2.26 bits per heavy atom.